The molecule has 0 aliphatic carbocycles. The smallest absolute Gasteiger partial charge is 0.394 e. The Bertz CT molecular complexity index is 430. The Morgan fingerprint density at radius 3 is 2.65 bits per heavy atom. The molecule has 0 saturated heterocycles. The van der Waals surface area contributed by atoms with E-state index in [0.29, 0.717) is 6.54 Å². The highest BCUT2D eigenvalue weighted by Gasteiger charge is 2.31. The summed E-state index contributed by atoms with van der Waals surface area (Å²) in [4.78, 5) is 4.05. The van der Waals surface area contributed by atoms with Gasteiger partial charge < -0.3 is 15.5 Å². The number of nitrogens with zero attached hydrogens (tertiary/aromatic N) is 1. The van der Waals surface area contributed by atoms with E-state index in [2.05, 4.69) is 10.3 Å². The minimum atomic E-state index is -4.45. The van der Waals surface area contributed by atoms with Crippen LogP contribution in [0.2, 0.25) is 0 Å². The van der Waals surface area contributed by atoms with Gasteiger partial charge in [0.25, 0.3) is 0 Å². The molecule has 0 fully saturated rings. The molecule has 3 N–H and O–H groups in total. The van der Waals surface area contributed by atoms with Crippen molar-refractivity contribution < 1.29 is 23.4 Å². The van der Waals surface area contributed by atoms with Crippen molar-refractivity contribution in [1.29, 1.82) is 0 Å². The predicted octanol–water partition coefficient (Wildman–Crippen LogP) is 2.37. The second-order valence-electron chi connectivity index (χ2n) is 4.15. The first-order valence-corrected chi connectivity index (χ1v) is 7.10. The minimum absolute atomic E-state index is 0.0814. The summed E-state index contributed by atoms with van der Waals surface area (Å²) in [5, 5.41) is 20.9. The average Bonchev–Trinajstić information content (AvgIpc) is 2.41. The van der Waals surface area contributed by atoms with Gasteiger partial charge in [-0.25, -0.2) is 4.98 Å². The van der Waals surface area contributed by atoms with E-state index in [4.69, 9.17) is 5.11 Å². The maximum atomic E-state index is 12.8. The number of alkyl halides is 3. The quantitative estimate of drug-likeness (QED) is 0.675. The van der Waals surface area contributed by atoms with E-state index in [-0.39, 0.29) is 16.6 Å². The second-order valence-corrected chi connectivity index (χ2v) is 5.19. The standard InChI is InChI=1S/C12H17F3N2O2S/c1-2-3-16-10-4-8(12(13,14)15)5-11(17-10)20-7-9(19)6-18/h4-5,9,18-19H,2-3,6-7H2,1H3,(H,16,17). The van der Waals surface area contributed by atoms with Gasteiger partial charge >= 0.3 is 6.18 Å². The lowest BCUT2D eigenvalue weighted by Gasteiger charge is -2.13. The van der Waals surface area contributed by atoms with Crippen molar-refractivity contribution in [2.24, 2.45) is 0 Å². The van der Waals surface area contributed by atoms with E-state index in [1.807, 2.05) is 6.92 Å². The van der Waals surface area contributed by atoms with Gasteiger partial charge in [0.15, 0.2) is 0 Å². The fraction of sp³-hybridized carbons (Fsp3) is 0.583. The number of hydrogen-bond donors (Lipinski definition) is 3. The van der Waals surface area contributed by atoms with Crippen LogP contribution in [0.3, 0.4) is 0 Å². The molecule has 0 spiro atoms. The van der Waals surface area contributed by atoms with Crippen molar-refractivity contribution in [2.75, 3.05) is 24.2 Å². The molecule has 0 bridgehead atoms. The molecule has 0 saturated carbocycles. The molecule has 1 aromatic rings. The zero-order chi connectivity index (χ0) is 15.2. The van der Waals surface area contributed by atoms with Gasteiger partial charge in [-0.2, -0.15) is 13.2 Å². The van der Waals surface area contributed by atoms with Gasteiger partial charge in [0.05, 0.1) is 23.3 Å². The number of thioether (sulfide) groups is 1. The summed E-state index contributed by atoms with van der Waals surface area (Å²) in [5.41, 5.74) is -0.785. The summed E-state index contributed by atoms with van der Waals surface area (Å²) in [7, 11) is 0. The summed E-state index contributed by atoms with van der Waals surface area (Å²) in [5.74, 6) is 0.237. The molecule has 1 unspecified atom stereocenters. The number of pyridine rings is 1. The Labute approximate surface area is 119 Å². The largest absolute Gasteiger partial charge is 0.416 e. The van der Waals surface area contributed by atoms with Crippen LogP contribution in [0.1, 0.15) is 18.9 Å². The summed E-state index contributed by atoms with van der Waals surface area (Å²) in [6.45, 7) is 1.98. The number of halogens is 3. The highest BCUT2D eigenvalue weighted by molar-refractivity contribution is 7.99. The van der Waals surface area contributed by atoms with E-state index in [1.165, 1.54) is 0 Å². The minimum Gasteiger partial charge on any atom is -0.394 e. The third-order valence-corrected chi connectivity index (χ3v) is 3.38. The first-order chi connectivity index (χ1) is 9.36. The molecule has 1 heterocycles. The van der Waals surface area contributed by atoms with Crippen LogP contribution in [0, 0.1) is 0 Å². The molecular weight excluding hydrogens is 293 g/mol. The highest BCUT2D eigenvalue weighted by atomic mass is 32.2. The molecule has 0 amide bonds. The first kappa shape index (κ1) is 17.1. The first-order valence-electron chi connectivity index (χ1n) is 6.11. The topological polar surface area (TPSA) is 65.4 Å². The molecule has 4 nitrogen and oxygen atoms in total. The van der Waals surface area contributed by atoms with Gasteiger partial charge in [0.2, 0.25) is 0 Å². The van der Waals surface area contributed by atoms with E-state index in [9.17, 15) is 18.3 Å². The maximum Gasteiger partial charge on any atom is 0.416 e. The van der Waals surface area contributed by atoms with Crippen molar-refractivity contribution in [3.63, 3.8) is 0 Å². The van der Waals surface area contributed by atoms with Crippen molar-refractivity contribution >= 4 is 17.6 Å². The average molecular weight is 310 g/mol. The maximum absolute atomic E-state index is 12.8. The fourth-order valence-electron chi connectivity index (χ4n) is 1.32. The number of anilines is 1. The third-order valence-electron chi connectivity index (χ3n) is 2.32. The number of aliphatic hydroxyl groups is 2. The van der Waals surface area contributed by atoms with Crippen LogP contribution in [-0.2, 0) is 6.18 Å². The Kier molecular flexibility index (Phi) is 6.57. The molecular formula is C12H17F3N2O2S. The number of aliphatic hydroxyl groups excluding tert-OH is 2. The predicted molar refractivity (Wildman–Crippen MR) is 71.8 cm³/mol. The van der Waals surface area contributed by atoms with Crippen molar-refractivity contribution in [3.8, 4) is 0 Å². The zero-order valence-corrected chi connectivity index (χ0v) is 11.8. The lowest BCUT2D eigenvalue weighted by molar-refractivity contribution is -0.137. The van der Waals surface area contributed by atoms with Crippen LogP contribution in [0.25, 0.3) is 0 Å². The molecule has 0 aromatic carbocycles. The molecule has 0 aliphatic rings. The van der Waals surface area contributed by atoms with Crippen LogP contribution in [0.15, 0.2) is 17.2 Å². The molecule has 0 radical (unpaired) electrons. The third kappa shape index (κ3) is 5.56. The van der Waals surface area contributed by atoms with Crippen LogP contribution >= 0.6 is 11.8 Å². The van der Waals surface area contributed by atoms with Gasteiger partial charge in [0, 0.05) is 12.3 Å². The van der Waals surface area contributed by atoms with Gasteiger partial charge in [0.1, 0.15) is 5.82 Å². The fourth-order valence-corrected chi connectivity index (χ4v) is 2.16. The van der Waals surface area contributed by atoms with Crippen molar-refractivity contribution in [1.82, 2.24) is 4.98 Å². The van der Waals surface area contributed by atoms with E-state index in [1.54, 1.807) is 0 Å². The Morgan fingerprint density at radius 2 is 2.10 bits per heavy atom. The highest BCUT2D eigenvalue weighted by Crippen LogP contribution is 2.33. The van der Waals surface area contributed by atoms with Gasteiger partial charge in [-0.05, 0) is 18.6 Å². The van der Waals surface area contributed by atoms with E-state index in [0.717, 1.165) is 30.3 Å². The SMILES string of the molecule is CCCNc1cc(C(F)(F)F)cc(SCC(O)CO)n1. The molecule has 0 aliphatic heterocycles. The Hall–Kier alpha value is -0.990. The summed E-state index contributed by atoms with van der Waals surface area (Å²) in [6.07, 6.45) is -4.66. The molecule has 1 rings (SSSR count). The number of rotatable bonds is 7. The number of aromatic nitrogens is 1. The van der Waals surface area contributed by atoms with Crippen LogP contribution in [0.5, 0.6) is 0 Å². The van der Waals surface area contributed by atoms with Crippen molar-refractivity contribution in [3.05, 3.63) is 17.7 Å². The molecule has 8 heteroatoms. The summed E-state index contributed by atoms with van der Waals surface area (Å²) < 4.78 is 38.3. The van der Waals surface area contributed by atoms with Crippen LogP contribution < -0.4 is 5.32 Å². The monoisotopic (exact) mass is 310 g/mol. The van der Waals surface area contributed by atoms with E-state index < -0.39 is 24.5 Å². The summed E-state index contributed by atoms with van der Waals surface area (Å²) in [6, 6.07) is 1.90. The normalized spacial score (nSPS) is 13.3. The molecule has 1 atom stereocenters. The molecule has 20 heavy (non-hydrogen) atoms. The molecule has 114 valence electrons. The summed E-state index contributed by atoms with van der Waals surface area (Å²) >= 11 is 0.970. The lowest BCUT2D eigenvalue weighted by Crippen LogP contribution is -2.15. The number of hydrogen-bond acceptors (Lipinski definition) is 5. The molecule has 1 aromatic heterocycles. The zero-order valence-electron chi connectivity index (χ0n) is 10.9. The lowest BCUT2D eigenvalue weighted by atomic mass is 10.2. The van der Waals surface area contributed by atoms with Crippen molar-refractivity contribution in [2.45, 2.75) is 30.7 Å². The van der Waals surface area contributed by atoms with Crippen LogP contribution in [-0.4, -0.2) is 40.2 Å². The number of nitrogens with one attached hydrogen (secondary N) is 1. The Balaban J connectivity index is 2.91. The van der Waals surface area contributed by atoms with Crippen LogP contribution in [0.4, 0.5) is 19.0 Å². The second kappa shape index (κ2) is 7.70. The van der Waals surface area contributed by atoms with Gasteiger partial charge in [-0.15, -0.1) is 11.8 Å². The van der Waals surface area contributed by atoms with Gasteiger partial charge in [-0.1, -0.05) is 6.92 Å². The van der Waals surface area contributed by atoms with E-state index >= 15 is 0 Å². The van der Waals surface area contributed by atoms with Gasteiger partial charge in [-0.3, -0.25) is 0 Å². The Morgan fingerprint density at radius 1 is 1.40 bits per heavy atom.